The van der Waals surface area contributed by atoms with Gasteiger partial charge in [-0.05, 0) is 37.8 Å². The van der Waals surface area contributed by atoms with E-state index < -0.39 is 48.1 Å². The van der Waals surface area contributed by atoms with Gasteiger partial charge in [0.25, 0.3) is 11.8 Å². The van der Waals surface area contributed by atoms with E-state index in [1.54, 1.807) is 12.1 Å². The van der Waals surface area contributed by atoms with E-state index in [1.807, 2.05) is 0 Å². The molecule has 1 aromatic carbocycles. The van der Waals surface area contributed by atoms with Gasteiger partial charge in [-0.3, -0.25) is 14.5 Å². The van der Waals surface area contributed by atoms with Crippen LogP contribution in [0.15, 0.2) is 45.4 Å². The number of amides is 2. The van der Waals surface area contributed by atoms with Crippen molar-refractivity contribution in [1.82, 2.24) is 4.90 Å². The molecule has 3 aliphatic rings. The van der Waals surface area contributed by atoms with Gasteiger partial charge in [0.15, 0.2) is 0 Å². The molecule has 186 valence electrons. The summed E-state index contributed by atoms with van der Waals surface area (Å²) in [5.74, 6) is -3.91. The standard InChI is InChI=1S/C15H11BrF3NO2.C7H9BrF3N/c16-11-6-5-8(15(17,18)19)7-12(11)20-13(21)9-3-1-2-4-10(9)14(20)22;8-5-2-1-4(3-6(5)12)7(9,10)11/h1-4,6,8,12H,5,7H2;2,4,6H,1,3,12H2/t8-,12-;4-,6-/m11/s1. The summed E-state index contributed by atoms with van der Waals surface area (Å²) in [6.07, 6.45) is -5.99. The summed E-state index contributed by atoms with van der Waals surface area (Å²) in [4.78, 5) is 25.7. The topological polar surface area (TPSA) is 63.4 Å². The van der Waals surface area contributed by atoms with Crippen LogP contribution in [-0.2, 0) is 0 Å². The highest BCUT2D eigenvalue weighted by molar-refractivity contribution is 9.12. The quantitative estimate of drug-likeness (QED) is 0.290. The number of nitrogens with zero attached hydrogens (tertiary/aromatic N) is 1. The zero-order valence-electron chi connectivity index (χ0n) is 17.5. The number of carbonyl (C=O) groups is 2. The zero-order valence-corrected chi connectivity index (χ0v) is 20.6. The minimum absolute atomic E-state index is 0.0133. The summed E-state index contributed by atoms with van der Waals surface area (Å²) in [5, 5.41) is 0. The van der Waals surface area contributed by atoms with E-state index in [4.69, 9.17) is 5.73 Å². The molecule has 1 aliphatic heterocycles. The molecule has 0 saturated heterocycles. The lowest BCUT2D eigenvalue weighted by Gasteiger charge is -2.33. The van der Waals surface area contributed by atoms with Gasteiger partial charge in [-0.2, -0.15) is 26.3 Å². The molecular weight excluding hydrogens is 598 g/mol. The number of rotatable bonds is 1. The molecule has 0 spiro atoms. The van der Waals surface area contributed by atoms with Crippen LogP contribution in [-0.4, -0.2) is 41.2 Å². The highest BCUT2D eigenvalue weighted by Gasteiger charge is 2.48. The van der Waals surface area contributed by atoms with E-state index in [9.17, 15) is 35.9 Å². The number of fused-ring (bicyclic) bond motifs is 1. The molecule has 4 atom stereocenters. The first-order valence-electron chi connectivity index (χ1n) is 10.3. The van der Waals surface area contributed by atoms with E-state index in [-0.39, 0.29) is 36.8 Å². The number of hydrogen-bond acceptors (Lipinski definition) is 3. The first-order valence-corrected chi connectivity index (χ1v) is 11.9. The predicted molar refractivity (Wildman–Crippen MR) is 120 cm³/mol. The van der Waals surface area contributed by atoms with Gasteiger partial charge in [0.1, 0.15) is 0 Å². The summed E-state index contributed by atoms with van der Waals surface area (Å²) in [6, 6.07) is 4.86. The Morgan fingerprint density at radius 1 is 0.794 bits per heavy atom. The second-order valence-electron chi connectivity index (χ2n) is 8.25. The third-order valence-electron chi connectivity index (χ3n) is 5.98. The van der Waals surface area contributed by atoms with E-state index in [0.717, 1.165) is 4.90 Å². The maximum absolute atomic E-state index is 13.0. The lowest BCUT2D eigenvalue weighted by molar-refractivity contribution is -0.178. The van der Waals surface area contributed by atoms with E-state index >= 15 is 0 Å². The third-order valence-corrected chi connectivity index (χ3v) is 7.74. The number of alkyl halides is 6. The number of hydrogen-bond donors (Lipinski definition) is 1. The first kappa shape index (κ1) is 26.9. The summed E-state index contributed by atoms with van der Waals surface area (Å²) >= 11 is 6.32. The number of halogens is 8. The number of benzene rings is 1. The fraction of sp³-hybridized carbons (Fsp3) is 0.455. The molecule has 1 aromatic rings. The fourth-order valence-electron chi connectivity index (χ4n) is 4.04. The van der Waals surface area contributed by atoms with Crippen molar-refractivity contribution in [2.75, 3.05) is 0 Å². The second kappa shape index (κ2) is 10.1. The monoisotopic (exact) mass is 616 g/mol. The largest absolute Gasteiger partial charge is 0.392 e. The molecule has 2 N–H and O–H groups in total. The van der Waals surface area contributed by atoms with Gasteiger partial charge >= 0.3 is 12.4 Å². The van der Waals surface area contributed by atoms with Crippen LogP contribution in [0, 0.1) is 11.8 Å². The Bertz CT molecular complexity index is 986. The maximum Gasteiger partial charge on any atom is 0.392 e. The van der Waals surface area contributed by atoms with Crippen LogP contribution >= 0.6 is 31.9 Å². The maximum atomic E-state index is 13.0. The van der Waals surface area contributed by atoms with Crippen molar-refractivity contribution < 1.29 is 35.9 Å². The molecule has 0 radical (unpaired) electrons. The van der Waals surface area contributed by atoms with Crippen molar-refractivity contribution in [3.05, 3.63) is 56.5 Å². The molecule has 0 bridgehead atoms. The Balaban J connectivity index is 0.000000229. The Morgan fingerprint density at radius 2 is 1.24 bits per heavy atom. The SMILES string of the molecule is N[C@@H]1C[C@H](C(F)(F)F)CC=C1Br.O=C1c2ccccc2C(=O)N1[C@@H]1C[C@H](C(F)(F)F)CC=C1Br. The Hall–Kier alpha value is -1.66. The number of imide groups is 1. The van der Waals surface area contributed by atoms with E-state index in [0.29, 0.717) is 8.96 Å². The first-order chi connectivity index (χ1) is 15.7. The van der Waals surface area contributed by atoms with Gasteiger partial charge < -0.3 is 5.73 Å². The van der Waals surface area contributed by atoms with Gasteiger partial charge in [-0.15, -0.1) is 0 Å². The summed E-state index contributed by atoms with van der Waals surface area (Å²) in [6.45, 7) is 0. The zero-order chi connectivity index (χ0) is 25.4. The lowest BCUT2D eigenvalue weighted by Crippen LogP contribution is -2.44. The molecule has 2 amide bonds. The Labute approximate surface area is 208 Å². The van der Waals surface area contributed by atoms with Crippen molar-refractivity contribution in [3.8, 4) is 0 Å². The molecule has 12 heteroatoms. The van der Waals surface area contributed by atoms with Gasteiger partial charge in [0, 0.05) is 15.0 Å². The molecule has 0 unspecified atom stereocenters. The average molecular weight is 618 g/mol. The van der Waals surface area contributed by atoms with Crippen molar-refractivity contribution in [3.63, 3.8) is 0 Å². The van der Waals surface area contributed by atoms with Crippen LogP contribution in [0.5, 0.6) is 0 Å². The van der Waals surface area contributed by atoms with E-state index in [2.05, 4.69) is 31.9 Å². The smallest absolute Gasteiger partial charge is 0.324 e. The summed E-state index contributed by atoms with van der Waals surface area (Å²) in [5.41, 5.74) is 5.93. The van der Waals surface area contributed by atoms with Gasteiger partial charge in [0.05, 0.1) is 29.0 Å². The van der Waals surface area contributed by atoms with Crippen LogP contribution in [0.4, 0.5) is 26.3 Å². The molecule has 0 fully saturated rings. The highest BCUT2D eigenvalue weighted by Crippen LogP contribution is 2.42. The summed E-state index contributed by atoms with van der Waals surface area (Å²) in [7, 11) is 0. The molecule has 4 nitrogen and oxygen atoms in total. The highest BCUT2D eigenvalue weighted by atomic mass is 79.9. The molecule has 34 heavy (non-hydrogen) atoms. The number of allylic oxidation sites excluding steroid dienone is 2. The van der Waals surface area contributed by atoms with Crippen molar-refractivity contribution in [2.24, 2.45) is 17.6 Å². The predicted octanol–water partition coefficient (Wildman–Crippen LogP) is 6.47. The Kier molecular flexibility index (Phi) is 8.03. The van der Waals surface area contributed by atoms with Crippen LogP contribution in [0.25, 0.3) is 0 Å². The average Bonchev–Trinajstić information content (AvgIpc) is 3.00. The van der Waals surface area contributed by atoms with Gasteiger partial charge in [0.2, 0.25) is 0 Å². The number of nitrogens with two attached hydrogens (primary N) is 1. The molecule has 2 aliphatic carbocycles. The number of carbonyl (C=O) groups excluding carboxylic acids is 2. The molecule has 4 rings (SSSR count). The van der Waals surface area contributed by atoms with Crippen molar-refractivity contribution in [2.45, 2.75) is 50.1 Å². The minimum atomic E-state index is -4.35. The fourth-order valence-corrected chi connectivity index (χ4v) is 5.00. The Morgan fingerprint density at radius 3 is 1.68 bits per heavy atom. The second-order valence-corrected chi connectivity index (χ2v) is 10.1. The lowest BCUT2D eigenvalue weighted by atomic mass is 9.89. The van der Waals surface area contributed by atoms with E-state index in [1.165, 1.54) is 24.3 Å². The molecule has 0 saturated carbocycles. The molecule has 0 aromatic heterocycles. The van der Waals surface area contributed by atoms with Crippen molar-refractivity contribution in [1.29, 1.82) is 0 Å². The molecule has 1 heterocycles. The van der Waals surface area contributed by atoms with Gasteiger partial charge in [-0.25, -0.2) is 0 Å². The van der Waals surface area contributed by atoms with Crippen LogP contribution in [0.2, 0.25) is 0 Å². The minimum Gasteiger partial charge on any atom is -0.324 e. The normalized spacial score (nSPS) is 27.5. The van der Waals surface area contributed by atoms with Crippen LogP contribution in [0.1, 0.15) is 46.4 Å². The van der Waals surface area contributed by atoms with Gasteiger partial charge in [-0.1, -0.05) is 56.1 Å². The van der Waals surface area contributed by atoms with Crippen LogP contribution < -0.4 is 5.73 Å². The van der Waals surface area contributed by atoms with Crippen LogP contribution in [0.3, 0.4) is 0 Å². The third kappa shape index (κ3) is 5.76. The summed E-state index contributed by atoms with van der Waals surface area (Å²) < 4.78 is 76.4. The molecular formula is C22H20Br2F6N2O2. The van der Waals surface area contributed by atoms with Crippen molar-refractivity contribution >= 4 is 43.7 Å².